The fourth-order valence-electron chi connectivity index (χ4n) is 1.65. The van der Waals surface area contributed by atoms with E-state index in [1.54, 1.807) is 0 Å². The van der Waals surface area contributed by atoms with Crippen molar-refractivity contribution in [2.45, 2.75) is 30.5 Å². The highest BCUT2D eigenvalue weighted by Gasteiger charge is 2.72. The molecule has 0 radical (unpaired) electrons. The standard InChI is InChI=1S/C12H11F7O/c1-20-9(8-5-3-2-4-6-8)7-10(13,11(14,15)16)12(17,18)19/h2-6,9H,7H2,1H3. The molecule has 0 spiro atoms. The molecule has 1 nitrogen and oxygen atoms in total. The predicted molar refractivity (Wildman–Crippen MR) is 56.8 cm³/mol. The van der Waals surface area contributed by atoms with Gasteiger partial charge in [-0.2, -0.15) is 26.3 Å². The summed E-state index contributed by atoms with van der Waals surface area (Å²) >= 11 is 0. The number of alkyl halides is 7. The Kier molecular flexibility index (Phi) is 4.68. The van der Waals surface area contributed by atoms with Crippen molar-refractivity contribution in [1.29, 1.82) is 0 Å². The average molecular weight is 304 g/mol. The smallest absolute Gasteiger partial charge is 0.377 e. The van der Waals surface area contributed by atoms with Crippen LogP contribution in [0.3, 0.4) is 0 Å². The molecule has 1 aromatic carbocycles. The van der Waals surface area contributed by atoms with Gasteiger partial charge in [0.25, 0.3) is 0 Å². The molecule has 0 aromatic heterocycles. The summed E-state index contributed by atoms with van der Waals surface area (Å²) < 4.78 is 93.0. The van der Waals surface area contributed by atoms with Crippen molar-refractivity contribution in [2.75, 3.05) is 7.11 Å². The first-order valence-corrected chi connectivity index (χ1v) is 5.43. The molecule has 0 aliphatic carbocycles. The van der Waals surface area contributed by atoms with Crippen molar-refractivity contribution in [2.24, 2.45) is 0 Å². The Balaban J connectivity index is 3.13. The minimum atomic E-state index is -6.07. The van der Waals surface area contributed by atoms with E-state index in [0.29, 0.717) is 0 Å². The lowest BCUT2D eigenvalue weighted by Crippen LogP contribution is -2.54. The lowest BCUT2D eigenvalue weighted by molar-refractivity contribution is -0.348. The van der Waals surface area contributed by atoms with Crippen molar-refractivity contribution in [3.63, 3.8) is 0 Å². The van der Waals surface area contributed by atoms with Gasteiger partial charge < -0.3 is 4.74 Å². The molecular formula is C12H11F7O. The molecule has 0 fully saturated rings. The van der Waals surface area contributed by atoms with Crippen LogP contribution in [0.15, 0.2) is 30.3 Å². The van der Waals surface area contributed by atoms with E-state index in [2.05, 4.69) is 4.74 Å². The second-order valence-electron chi connectivity index (χ2n) is 4.14. The first-order chi connectivity index (χ1) is 9.03. The molecule has 0 saturated carbocycles. The summed E-state index contributed by atoms with van der Waals surface area (Å²) in [6.07, 6.45) is -15.7. The molecule has 1 rings (SSSR count). The third-order valence-corrected chi connectivity index (χ3v) is 2.82. The topological polar surface area (TPSA) is 9.23 Å². The van der Waals surface area contributed by atoms with E-state index in [4.69, 9.17) is 0 Å². The summed E-state index contributed by atoms with van der Waals surface area (Å²) in [5, 5.41) is 0. The van der Waals surface area contributed by atoms with Gasteiger partial charge in [-0.1, -0.05) is 30.3 Å². The number of halogens is 7. The van der Waals surface area contributed by atoms with Crippen LogP contribution in [0.25, 0.3) is 0 Å². The summed E-state index contributed by atoms with van der Waals surface area (Å²) in [4.78, 5) is 0. The monoisotopic (exact) mass is 304 g/mol. The Morgan fingerprint density at radius 1 is 0.900 bits per heavy atom. The van der Waals surface area contributed by atoms with Crippen LogP contribution >= 0.6 is 0 Å². The van der Waals surface area contributed by atoms with Crippen LogP contribution in [0, 0.1) is 0 Å². The van der Waals surface area contributed by atoms with Crippen LogP contribution in [-0.4, -0.2) is 25.1 Å². The summed E-state index contributed by atoms with van der Waals surface area (Å²) in [5.41, 5.74) is -5.29. The Bertz CT molecular complexity index is 410. The van der Waals surface area contributed by atoms with Gasteiger partial charge in [-0.15, -0.1) is 0 Å². The number of hydrogen-bond acceptors (Lipinski definition) is 1. The maximum Gasteiger partial charge on any atom is 0.431 e. The highest BCUT2D eigenvalue weighted by atomic mass is 19.4. The third-order valence-electron chi connectivity index (χ3n) is 2.82. The van der Waals surface area contributed by atoms with Crippen molar-refractivity contribution in [3.8, 4) is 0 Å². The van der Waals surface area contributed by atoms with Crippen LogP contribution < -0.4 is 0 Å². The van der Waals surface area contributed by atoms with Gasteiger partial charge in [-0.3, -0.25) is 0 Å². The van der Waals surface area contributed by atoms with Gasteiger partial charge in [0.1, 0.15) is 0 Å². The SMILES string of the molecule is COC(CC(F)(C(F)(F)F)C(F)(F)F)c1ccccc1. The van der Waals surface area contributed by atoms with Crippen LogP contribution in [0.5, 0.6) is 0 Å². The lowest BCUT2D eigenvalue weighted by atomic mass is 9.93. The molecule has 0 heterocycles. The Labute approximate surface area is 110 Å². The molecule has 0 aliphatic heterocycles. The molecule has 0 saturated heterocycles. The Hall–Kier alpha value is -1.31. The van der Waals surface area contributed by atoms with Gasteiger partial charge in [0.2, 0.25) is 0 Å². The van der Waals surface area contributed by atoms with Crippen LogP contribution in [0.2, 0.25) is 0 Å². The molecule has 20 heavy (non-hydrogen) atoms. The number of benzene rings is 1. The Morgan fingerprint density at radius 3 is 1.70 bits per heavy atom. The van der Waals surface area contributed by atoms with E-state index in [1.807, 2.05) is 0 Å². The number of ether oxygens (including phenoxy) is 1. The average Bonchev–Trinajstić information content (AvgIpc) is 2.34. The quantitative estimate of drug-likeness (QED) is 0.739. The minimum absolute atomic E-state index is 0.0329. The van der Waals surface area contributed by atoms with Crippen molar-refractivity contribution >= 4 is 0 Å². The molecule has 1 unspecified atom stereocenters. The predicted octanol–water partition coefficient (Wildman–Crippen LogP) is 4.60. The van der Waals surface area contributed by atoms with Crippen molar-refractivity contribution in [1.82, 2.24) is 0 Å². The van der Waals surface area contributed by atoms with Crippen molar-refractivity contribution in [3.05, 3.63) is 35.9 Å². The van der Waals surface area contributed by atoms with Gasteiger partial charge >= 0.3 is 18.0 Å². The van der Waals surface area contributed by atoms with Gasteiger partial charge in [0, 0.05) is 13.5 Å². The van der Waals surface area contributed by atoms with Crippen LogP contribution in [-0.2, 0) is 4.74 Å². The van der Waals surface area contributed by atoms with Gasteiger partial charge in [-0.05, 0) is 5.56 Å². The molecule has 0 bridgehead atoms. The number of hydrogen-bond donors (Lipinski definition) is 0. The first-order valence-electron chi connectivity index (χ1n) is 5.43. The summed E-state index contributed by atoms with van der Waals surface area (Å²) in [5.74, 6) is 0. The van der Waals surface area contributed by atoms with Crippen molar-refractivity contribution < 1.29 is 35.5 Å². The molecule has 0 N–H and O–H groups in total. The summed E-state index contributed by atoms with van der Waals surface area (Å²) in [6, 6.07) is 6.86. The van der Waals surface area contributed by atoms with E-state index in [9.17, 15) is 30.7 Å². The fourth-order valence-corrected chi connectivity index (χ4v) is 1.65. The number of methoxy groups -OCH3 is 1. The Morgan fingerprint density at radius 2 is 1.35 bits per heavy atom. The fraction of sp³-hybridized carbons (Fsp3) is 0.500. The van der Waals surface area contributed by atoms with E-state index in [-0.39, 0.29) is 5.56 Å². The van der Waals surface area contributed by atoms with E-state index < -0.39 is 30.5 Å². The second-order valence-corrected chi connectivity index (χ2v) is 4.14. The molecule has 8 heteroatoms. The number of rotatable bonds is 4. The largest absolute Gasteiger partial charge is 0.431 e. The van der Waals surface area contributed by atoms with Crippen LogP contribution in [0.4, 0.5) is 30.7 Å². The van der Waals surface area contributed by atoms with Crippen LogP contribution in [0.1, 0.15) is 18.1 Å². The van der Waals surface area contributed by atoms with Gasteiger partial charge in [0.15, 0.2) is 0 Å². The normalized spacial score (nSPS) is 15.2. The molecular weight excluding hydrogens is 293 g/mol. The van der Waals surface area contributed by atoms with Gasteiger partial charge in [-0.25, -0.2) is 4.39 Å². The summed E-state index contributed by atoms with van der Waals surface area (Å²) in [7, 11) is 0.921. The highest BCUT2D eigenvalue weighted by molar-refractivity contribution is 5.19. The third kappa shape index (κ3) is 3.23. The van der Waals surface area contributed by atoms with E-state index in [0.717, 1.165) is 7.11 Å². The second kappa shape index (κ2) is 5.59. The maximum atomic E-state index is 13.6. The summed E-state index contributed by atoms with van der Waals surface area (Å²) in [6.45, 7) is 0. The zero-order valence-electron chi connectivity index (χ0n) is 10.2. The first kappa shape index (κ1) is 16.7. The maximum absolute atomic E-state index is 13.6. The zero-order chi connectivity index (χ0) is 15.6. The van der Waals surface area contributed by atoms with Gasteiger partial charge in [0.05, 0.1) is 6.10 Å². The molecule has 1 aromatic rings. The molecule has 1 atom stereocenters. The van der Waals surface area contributed by atoms with E-state index >= 15 is 0 Å². The molecule has 0 aliphatic rings. The highest BCUT2D eigenvalue weighted by Crippen LogP contribution is 2.51. The minimum Gasteiger partial charge on any atom is -0.377 e. The van der Waals surface area contributed by atoms with E-state index in [1.165, 1.54) is 30.3 Å². The lowest BCUT2D eigenvalue weighted by Gasteiger charge is -2.32. The molecule has 114 valence electrons. The zero-order valence-corrected chi connectivity index (χ0v) is 10.2. The molecule has 0 amide bonds.